The molecule has 0 fully saturated rings. The molecule has 0 spiro atoms. The quantitative estimate of drug-likeness (QED) is 0.714. The van der Waals surface area contributed by atoms with E-state index in [2.05, 4.69) is 15.3 Å². The van der Waals surface area contributed by atoms with Gasteiger partial charge in [0.2, 0.25) is 0 Å². The molecule has 0 amide bonds. The largest absolute Gasteiger partial charge is 0.340 e. The summed E-state index contributed by atoms with van der Waals surface area (Å²) in [4.78, 5) is 8.14. The Bertz CT molecular complexity index is 943. The Morgan fingerprint density at radius 1 is 1.05 bits per heavy atom. The second-order valence-corrected chi connectivity index (χ2v) is 6.37. The van der Waals surface area contributed by atoms with E-state index in [1.165, 1.54) is 30.6 Å². The van der Waals surface area contributed by atoms with Gasteiger partial charge in [-0.2, -0.15) is 8.42 Å². The van der Waals surface area contributed by atoms with Crippen LogP contribution in [-0.2, 0) is 10.1 Å². The first-order valence-electron chi connectivity index (χ1n) is 6.18. The van der Waals surface area contributed by atoms with Crippen LogP contribution in [0.4, 0.5) is 11.5 Å². The molecule has 1 heterocycles. The normalized spacial score (nSPS) is 11.5. The summed E-state index contributed by atoms with van der Waals surface area (Å²) in [6.45, 7) is 0. The summed E-state index contributed by atoms with van der Waals surface area (Å²) in [5.41, 5.74) is 1.32. The first-order valence-corrected chi connectivity index (χ1v) is 8.00. The topological polar surface area (TPSA) is 92.2 Å². The van der Waals surface area contributed by atoms with Crippen molar-refractivity contribution in [1.82, 2.24) is 9.97 Å². The fourth-order valence-corrected chi connectivity index (χ4v) is 2.62. The standard InChI is InChI=1S/C14H10ClN3O3S/c15-9-1-6-12-13(7-9)16-8-17-14(12)18-10-2-4-11(5-3-10)22(19,20)21/h1-8H,(H,16,17,18)(H,19,20,21). The number of rotatable bonds is 3. The van der Waals surface area contributed by atoms with Gasteiger partial charge in [0.1, 0.15) is 12.1 Å². The van der Waals surface area contributed by atoms with Crippen molar-refractivity contribution in [3.8, 4) is 0 Å². The van der Waals surface area contributed by atoms with Crippen molar-refractivity contribution in [3.63, 3.8) is 0 Å². The van der Waals surface area contributed by atoms with Crippen LogP contribution in [0.1, 0.15) is 0 Å². The Kier molecular flexibility index (Phi) is 3.69. The third-order valence-corrected chi connectivity index (χ3v) is 4.12. The van der Waals surface area contributed by atoms with Crippen LogP contribution in [0.3, 0.4) is 0 Å². The average Bonchev–Trinajstić information content (AvgIpc) is 2.47. The van der Waals surface area contributed by atoms with E-state index in [0.29, 0.717) is 22.0 Å². The van der Waals surface area contributed by atoms with E-state index < -0.39 is 10.1 Å². The van der Waals surface area contributed by atoms with Crippen molar-refractivity contribution in [3.05, 3.63) is 53.8 Å². The molecule has 6 nitrogen and oxygen atoms in total. The van der Waals surface area contributed by atoms with Crippen molar-refractivity contribution in [2.45, 2.75) is 4.90 Å². The molecule has 0 atom stereocenters. The van der Waals surface area contributed by atoms with Crippen LogP contribution >= 0.6 is 11.6 Å². The second kappa shape index (κ2) is 5.53. The van der Waals surface area contributed by atoms with Gasteiger partial charge in [0.05, 0.1) is 10.4 Å². The van der Waals surface area contributed by atoms with E-state index in [1.54, 1.807) is 18.2 Å². The number of anilines is 2. The number of hydrogen-bond donors (Lipinski definition) is 2. The fourth-order valence-electron chi connectivity index (χ4n) is 1.98. The molecular formula is C14H10ClN3O3S. The lowest BCUT2D eigenvalue weighted by atomic mass is 10.2. The minimum atomic E-state index is -4.20. The first kappa shape index (κ1) is 14.7. The van der Waals surface area contributed by atoms with Gasteiger partial charge < -0.3 is 5.32 Å². The third kappa shape index (κ3) is 3.01. The molecule has 0 aliphatic rings. The second-order valence-electron chi connectivity index (χ2n) is 4.51. The smallest absolute Gasteiger partial charge is 0.294 e. The maximum Gasteiger partial charge on any atom is 0.294 e. The number of fused-ring (bicyclic) bond motifs is 1. The molecule has 0 saturated heterocycles. The number of nitrogens with one attached hydrogen (secondary N) is 1. The van der Waals surface area contributed by atoms with Gasteiger partial charge in [-0.1, -0.05) is 11.6 Å². The summed E-state index contributed by atoms with van der Waals surface area (Å²) in [6.07, 6.45) is 1.41. The maximum absolute atomic E-state index is 11.0. The lowest BCUT2D eigenvalue weighted by Gasteiger charge is -2.08. The van der Waals surface area contributed by atoms with Crippen LogP contribution in [0.25, 0.3) is 10.9 Å². The Balaban J connectivity index is 1.96. The van der Waals surface area contributed by atoms with Crippen molar-refractivity contribution >= 4 is 44.1 Å². The Labute approximate surface area is 131 Å². The van der Waals surface area contributed by atoms with Crippen molar-refractivity contribution < 1.29 is 13.0 Å². The summed E-state index contributed by atoms with van der Waals surface area (Å²) in [5.74, 6) is 0.571. The van der Waals surface area contributed by atoms with Gasteiger partial charge in [0, 0.05) is 16.1 Å². The zero-order valence-electron chi connectivity index (χ0n) is 11.1. The van der Waals surface area contributed by atoms with Gasteiger partial charge in [-0.3, -0.25) is 4.55 Å². The molecule has 3 aromatic rings. The number of halogens is 1. The first-order chi connectivity index (χ1) is 10.4. The molecule has 0 aliphatic carbocycles. The lowest BCUT2D eigenvalue weighted by molar-refractivity contribution is 0.483. The Hall–Kier alpha value is -2.22. The maximum atomic E-state index is 11.0. The van der Waals surface area contributed by atoms with Gasteiger partial charge in [-0.15, -0.1) is 0 Å². The highest BCUT2D eigenvalue weighted by Crippen LogP contribution is 2.25. The van der Waals surface area contributed by atoms with Crippen molar-refractivity contribution in [2.75, 3.05) is 5.32 Å². The van der Waals surface area contributed by atoms with E-state index in [9.17, 15) is 8.42 Å². The van der Waals surface area contributed by atoms with Gasteiger partial charge in [-0.05, 0) is 42.5 Å². The number of nitrogens with zero attached hydrogens (tertiary/aromatic N) is 2. The van der Waals surface area contributed by atoms with Crippen molar-refractivity contribution in [2.24, 2.45) is 0 Å². The number of aromatic nitrogens is 2. The van der Waals surface area contributed by atoms with Gasteiger partial charge in [0.15, 0.2) is 0 Å². The number of hydrogen-bond acceptors (Lipinski definition) is 5. The number of benzene rings is 2. The predicted octanol–water partition coefficient (Wildman–Crippen LogP) is 3.27. The molecule has 0 unspecified atom stereocenters. The molecule has 22 heavy (non-hydrogen) atoms. The third-order valence-electron chi connectivity index (χ3n) is 3.01. The van der Waals surface area contributed by atoms with Crippen LogP contribution in [0.2, 0.25) is 5.02 Å². The highest BCUT2D eigenvalue weighted by atomic mass is 35.5. The van der Waals surface area contributed by atoms with Gasteiger partial charge >= 0.3 is 0 Å². The van der Waals surface area contributed by atoms with Crippen LogP contribution in [0.5, 0.6) is 0 Å². The Morgan fingerprint density at radius 3 is 2.45 bits per heavy atom. The van der Waals surface area contributed by atoms with E-state index in [0.717, 1.165) is 5.39 Å². The average molecular weight is 336 g/mol. The lowest BCUT2D eigenvalue weighted by Crippen LogP contribution is -1.99. The zero-order valence-corrected chi connectivity index (χ0v) is 12.6. The fraction of sp³-hybridized carbons (Fsp3) is 0. The van der Waals surface area contributed by atoms with E-state index in [1.807, 2.05) is 0 Å². The van der Waals surface area contributed by atoms with Crippen molar-refractivity contribution in [1.29, 1.82) is 0 Å². The highest BCUT2D eigenvalue weighted by molar-refractivity contribution is 7.85. The molecule has 2 N–H and O–H groups in total. The summed E-state index contributed by atoms with van der Waals surface area (Å²) in [6, 6.07) is 10.9. The zero-order chi connectivity index (χ0) is 15.7. The molecule has 0 aliphatic heterocycles. The summed E-state index contributed by atoms with van der Waals surface area (Å²) < 4.78 is 31.0. The predicted molar refractivity (Wildman–Crippen MR) is 84.1 cm³/mol. The molecule has 2 aromatic carbocycles. The van der Waals surface area contributed by atoms with Gasteiger partial charge in [-0.25, -0.2) is 9.97 Å². The van der Waals surface area contributed by atoms with Gasteiger partial charge in [0.25, 0.3) is 10.1 Å². The molecule has 112 valence electrons. The molecule has 1 aromatic heterocycles. The monoisotopic (exact) mass is 335 g/mol. The molecular weight excluding hydrogens is 326 g/mol. The van der Waals surface area contributed by atoms with Crippen LogP contribution < -0.4 is 5.32 Å². The molecule has 0 radical (unpaired) electrons. The molecule has 0 saturated carbocycles. The van der Waals surface area contributed by atoms with Crippen LogP contribution in [-0.4, -0.2) is 22.9 Å². The van der Waals surface area contributed by atoms with E-state index in [4.69, 9.17) is 16.2 Å². The molecule has 3 rings (SSSR count). The molecule has 0 bridgehead atoms. The minimum absolute atomic E-state index is 0.169. The summed E-state index contributed by atoms with van der Waals surface area (Å²) in [7, 11) is -4.20. The molecule has 8 heteroatoms. The van der Waals surface area contributed by atoms with E-state index >= 15 is 0 Å². The minimum Gasteiger partial charge on any atom is -0.340 e. The summed E-state index contributed by atoms with van der Waals surface area (Å²) >= 11 is 5.93. The summed E-state index contributed by atoms with van der Waals surface area (Å²) in [5, 5.41) is 4.44. The Morgan fingerprint density at radius 2 is 1.77 bits per heavy atom. The van der Waals surface area contributed by atoms with Crippen LogP contribution in [0, 0.1) is 0 Å². The van der Waals surface area contributed by atoms with E-state index in [-0.39, 0.29) is 4.90 Å². The van der Waals surface area contributed by atoms with Crippen LogP contribution in [0.15, 0.2) is 53.7 Å². The highest BCUT2D eigenvalue weighted by Gasteiger charge is 2.09. The SMILES string of the molecule is O=S(=O)(O)c1ccc(Nc2ncnc3cc(Cl)ccc23)cc1.